The molecule has 0 radical (unpaired) electrons. The van der Waals surface area contributed by atoms with Crippen LogP contribution in [-0.4, -0.2) is 80.8 Å². The minimum Gasteiger partial charge on any atom is -0.484 e. The molecule has 1 aromatic heterocycles. The molecule has 2 aromatic rings. The Morgan fingerprint density at radius 3 is 2.55 bits per heavy atom. The van der Waals surface area contributed by atoms with Gasteiger partial charge in [-0.25, -0.2) is 4.79 Å². The molecule has 0 spiro atoms. The lowest BCUT2D eigenvalue weighted by atomic mass is 9.95. The minimum atomic E-state index is -1.73. The first-order valence-corrected chi connectivity index (χ1v) is 9.79. The summed E-state index contributed by atoms with van der Waals surface area (Å²) < 4.78 is 28.1. The first kappa shape index (κ1) is 20.8. The van der Waals surface area contributed by atoms with Crippen LogP contribution in [0.25, 0.3) is 11.0 Å². The first-order chi connectivity index (χ1) is 14.7. The Labute approximate surface area is 175 Å². The number of hydrogen-bond donors (Lipinski definition) is 5. The molecule has 4 heterocycles. The fourth-order valence-electron chi connectivity index (χ4n) is 4.30. The highest BCUT2D eigenvalue weighted by Crippen LogP contribution is 2.52. The average Bonchev–Trinajstić information content (AvgIpc) is 3.23. The third-order valence-corrected chi connectivity index (χ3v) is 6.03. The van der Waals surface area contributed by atoms with E-state index in [1.807, 2.05) is 0 Å². The van der Waals surface area contributed by atoms with Crippen molar-refractivity contribution in [2.75, 3.05) is 6.61 Å². The Morgan fingerprint density at radius 1 is 1.06 bits per heavy atom. The highest BCUT2D eigenvalue weighted by molar-refractivity contribution is 5.83. The molecular weight excluding hydrogens is 416 g/mol. The van der Waals surface area contributed by atoms with Crippen molar-refractivity contribution in [1.82, 2.24) is 0 Å². The summed E-state index contributed by atoms with van der Waals surface area (Å²) in [5.74, 6) is 0.392. The van der Waals surface area contributed by atoms with Crippen LogP contribution in [-0.2, 0) is 14.2 Å². The van der Waals surface area contributed by atoms with Gasteiger partial charge < -0.3 is 48.9 Å². The molecule has 1 aromatic carbocycles. The van der Waals surface area contributed by atoms with Gasteiger partial charge in [-0.1, -0.05) is 0 Å². The Bertz CT molecular complexity index is 1050. The van der Waals surface area contributed by atoms with E-state index in [0.29, 0.717) is 16.7 Å². The van der Waals surface area contributed by atoms with E-state index in [4.69, 9.17) is 23.4 Å². The number of benzene rings is 1. The normalized spacial score (nSPS) is 41.7. The Morgan fingerprint density at radius 2 is 1.81 bits per heavy atom. The van der Waals surface area contributed by atoms with Crippen LogP contribution in [0.15, 0.2) is 33.5 Å². The second-order valence-electron chi connectivity index (χ2n) is 8.14. The summed E-state index contributed by atoms with van der Waals surface area (Å²) in [6.45, 7) is 0.788. The summed E-state index contributed by atoms with van der Waals surface area (Å²) >= 11 is 0. The number of aliphatic hydroxyl groups is 5. The molecule has 0 aliphatic carbocycles. The van der Waals surface area contributed by atoms with Crippen molar-refractivity contribution in [2.45, 2.75) is 61.7 Å². The van der Waals surface area contributed by atoms with Gasteiger partial charge in [0.05, 0.1) is 12.2 Å². The van der Waals surface area contributed by atoms with Crippen molar-refractivity contribution >= 4 is 11.0 Å². The van der Waals surface area contributed by atoms with E-state index in [2.05, 4.69) is 0 Å². The molecule has 0 saturated carbocycles. The molecule has 3 aliphatic rings. The molecule has 0 bridgehead atoms. The summed E-state index contributed by atoms with van der Waals surface area (Å²) in [7, 11) is 0. The zero-order chi connectivity index (χ0) is 22.1. The average molecular weight is 438 g/mol. The molecule has 168 valence electrons. The number of hydrogen-bond acceptors (Lipinski definition) is 11. The quantitative estimate of drug-likeness (QED) is 0.354. The van der Waals surface area contributed by atoms with E-state index in [0.717, 1.165) is 0 Å². The lowest BCUT2D eigenvalue weighted by Crippen LogP contribution is -2.61. The van der Waals surface area contributed by atoms with Crippen molar-refractivity contribution in [3.63, 3.8) is 0 Å². The predicted octanol–water partition coefficient (Wildman–Crippen LogP) is -1.48. The lowest BCUT2D eigenvalue weighted by Gasteiger charge is -2.41. The van der Waals surface area contributed by atoms with Crippen molar-refractivity contribution in [3.05, 3.63) is 40.2 Å². The van der Waals surface area contributed by atoms with E-state index in [-0.39, 0.29) is 5.58 Å². The summed E-state index contributed by atoms with van der Waals surface area (Å²) in [4.78, 5) is 11.8. The second kappa shape index (κ2) is 7.22. The van der Waals surface area contributed by atoms with Crippen molar-refractivity contribution in [3.8, 4) is 5.75 Å². The van der Waals surface area contributed by atoms with Crippen LogP contribution in [0, 0.1) is 0 Å². The lowest BCUT2D eigenvalue weighted by molar-refractivity contribution is -0.349. The van der Waals surface area contributed by atoms with E-state index in [1.165, 1.54) is 13.0 Å². The summed E-state index contributed by atoms with van der Waals surface area (Å²) in [6, 6.07) is 6.29. The summed E-state index contributed by atoms with van der Waals surface area (Å²) in [5.41, 5.74) is -1.57. The summed E-state index contributed by atoms with van der Waals surface area (Å²) in [6.07, 6.45) is -10.7. The standard InChI is InChI=1S/C20H22O11/c1-20(26)17-16(11-8(27-17)4-2-7-3-5-10(22)29-15(7)11)30-19(20)31-18-14(25)13(24)12(23)9(6-21)28-18/h2-5,9,12-14,16-19,21,23-26H,6H2,1H3/t9-,12-,13+,14-,16-,17+,18?,19+,20+/m1/s1. The monoisotopic (exact) mass is 438 g/mol. The number of ether oxygens (including phenoxy) is 4. The molecule has 5 N–H and O–H groups in total. The zero-order valence-corrected chi connectivity index (χ0v) is 16.3. The van der Waals surface area contributed by atoms with Crippen LogP contribution in [0.3, 0.4) is 0 Å². The highest BCUT2D eigenvalue weighted by atomic mass is 16.8. The van der Waals surface area contributed by atoms with Crippen LogP contribution >= 0.6 is 0 Å². The van der Waals surface area contributed by atoms with E-state index in [1.54, 1.807) is 18.2 Å². The first-order valence-electron chi connectivity index (χ1n) is 9.79. The van der Waals surface area contributed by atoms with E-state index in [9.17, 15) is 30.3 Å². The Hall–Kier alpha value is -2.09. The molecule has 2 saturated heterocycles. The van der Waals surface area contributed by atoms with Gasteiger partial charge in [0.15, 0.2) is 24.3 Å². The topological polar surface area (TPSA) is 168 Å². The maximum Gasteiger partial charge on any atom is 0.336 e. The van der Waals surface area contributed by atoms with Crippen LogP contribution in [0.4, 0.5) is 0 Å². The Kier molecular flexibility index (Phi) is 4.84. The third-order valence-electron chi connectivity index (χ3n) is 6.03. The largest absolute Gasteiger partial charge is 0.484 e. The summed E-state index contributed by atoms with van der Waals surface area (Å²) in [5, 5.41) is 51.2. The fraction of sp³-hybridized carbons (Fsp3) is 0.550. The number of aliphatic hydroxyl groups excluding tert-OH is 4. The molecular formula is C20H22O11. The highest BCUT2D eigenvalue weighted by Gasteiger charge is 2.61. The maximum atomic E-state index is 11.8. The molecule has 9 atom stereocenters. The van der Waals surface area contributed by atoms with Gasteiger partial charge in [-0.3, -0.25) is 0 Å². The molecule has 11 nitrogen and oxygen atoms in total. The second-order valence-corrected chi connectivity index (χ2v) is 8.14. The zero-order valence-electron chi connectivity index (χ0n) is 16.3. The molecule has 3 aliphatic heterocycles. The van der Waals surface area contributed by atoms with E-state index >= 15 is 0 Å². The van der Waals surface area contributed by atoms with Gasteiger partial charge >= 0.3 is 5.63 Å². The predicted molar refractivity (Wildman–Crippen MR) is 100.0 cm³/mol. The van der Waals surface area contributed by atoms with E-state index < -0.39 is 67.0 Å². The molecule has 11 heteroatoms. The maximum absolute atomic E-state index is 11.8. The van der Waals surface area contributed by atoms with Gasteiger partial charge in [0.2, 0.25) is 0 Å². The van der Waals surface area contributed by atoms with Gasteiger partial charge in [-0.15, -0.1) is 0 Å². The van der Waals surface area contributed by atoms with Crippen LogP contribution in [0.2, 0.25) is 0 Å². The van der Waals surface area contributed by atoms with Crippen molar-refractivity contribution < 1.29 is 48.9 Å². The van der Waals surface area contributed by atoms with Crippen molar-refractivity contribution in [2.24, 2.45) is 0 Å². The molecule has 5 rings (SSSR count). The van der Waals surface area contributed by atoms with Crippen LogP contribution in [0.5, 0.6) is 5.75 Å². The van der Waals surface area contributed by atoms with Crippen molar-refractivity contribution in [1.29, 1.82) is 0 Å². The van der Waals surface area contributed by atoms with Crippen LogP contribution in [0.1, 0.15) is 18.6 Å². The van der Waals surface area contributed by atoms with Gasteiger partial charge in [-0.2, -0.15) is 0 Å². The van der Waals surface area contributed by atoms with Gasteiger partial charge in [0, 0.05) is 11.5 Å². The number of rotatable bonds is 3. The third kappa shape index (κ3) is 3.09. The van der Waals surface area contributed by atoms with Gasteiger partial charge in [0.25, 0.3) is 0 Å². The van der Waals surface area contributed by atoms with Gasteiger partial charge in [0.1, 0.15) is 41.9 Å². The van der Waals surface area contributed by atoms with Crippen LogP contribution < -0.4 is 10.4 Å². The van der Waals surface area contributed by atoms with Gasteiger partial charge in [-0.05, 0) is 25.1 Å². The fourth-order valence-corrected chi connectivity index (χ4v) is 4.30. The minimum absolute atomic E-state index is 0.266. The molecule has 1 unspecified atom stereocenters. The number of fused-ring (bicyclic) bond motifs is 5. The smallest absolute Gasteiger partial charge is 0.336 e. The molecule has 0 amide bonds. The molecule has 2 fully saturated rings. The molecule has 31 heavy (non-hydrogen) atoms. The SMILES string of the molecule is C[C@@]1(O)[C@H](OC2O[C@H](CO)[C@@H](O)[C@H](O)[C@H]2O)O[C@@H]2c3c(ccc4ccc(=O)oc34)O[C@@H]21. The Balaban J connectivity index is 1.45.